The van der Waals surface area contributed by atoms with E-state index in [2.05, 4.69) is 0 Å². The van der Waals surface area contributed by atoms with E-state index < -0.39 is 12.0 Å². The number of hydrogen-bond acceptors (Lipinski definition) is 3. The number of aliphatic hydroxyl groups is 1. The maximum Gasteiger partial charge on any atom is 0.171 e. The summed E-state index contributed by atoms with van der Waals surface area (Å²) in [5, 5.41) is 8.58. The van der Waals surface area contributed by atoms with Crippen molar-refractivity contribution in [1.29, 1.82) is 0 Å². The fraction of sp³-hybridized carbons (Fsp3) is 0.750. The highest BCUT2D eigenvalue weighted by molar-refractivity contribution is 6.08. The third-order valence-electron chi connectivity index (χ3n) is 2.46. The van der Waals surface area contributed by atoms with Crippen molar-refractivity contribution in [2.24, 2.45) is 5.41 Å². The molecule has 0 spiro atoms. The van der Waals surface area contributed by atoms with Gasteiger partial charge in [-0.3, -0.25) is 9.59 Å². The Hall–Kier alpha value is -0.700. The van der Waals surface area contributed by atoms with Gasteiger partial charge in [0.25, 0.3) is 0 Å². The SMILES string of the molecule is CC1(C(=O)CO)CCCC1=O. The van der Waals surface area contributed by atoms with Crippen molar-refractivity contribution < 1.29 is 14.7 Å². The largest absolute Gasteiger partial charge is 0.389 e. The van der Waals surface area contributed by atoms with Crippen LogP contribution in [0.15, 0.2) is 0 Å². The van der Waals surface area contributed by atoms with Crippen LogP contribution in [0.5, 0.6) is 0 Å². The zero-order chi connectivity index (χ0) is 8.48. The maximum absolute atomic E-state index is 11.2. The Morgan fingerprint density at radius 1 is 1.73 bits per heavy atom. The molecule has 1 fully saturated rings. The van der Waals surface area contributed by atoms with Crippen LogP contribution in [0.2, 0.25) is 0 Å². The van der Waals surface area contributed by atoms with E-state index in [1.54, 1.807) is 6.92 Å². The Labute approximate surface area is 65.4 Å². The van der Waals surface area contributed by atoms with Gasteiger partial charge in [-0.15, -0.1) is 0 Å². The quantitative estimate of drug-likeness (QED) is 0.585. The normalized spacial score (nSPS) is 30.9. The van der Waals surface area contributed by atoms with Crippen molar-refractivity contribution in [1.82, 2.24) is 0 Å². The monoisotopic (exact) mass is 156 g/mol. The Balaban J connectivity index is 2.80. The summed E-state index contributed by atoms with van der Waals surface area (Å²) < 4.78 is 0. The molecule has 62 valence electrons. The summed E-state index contributed by atoms with van der Waals surface area (Å²) in [5.41, 5.74) is -0.866. The molecule has 11 heavy (non-hydrogen) atoms. The first-order chi connectivity index (χ1) is 5.11. The third-order valence-corrected chi connectivity index (χ3v) is 2.46. The van der Waals surface area contributed by atoms with Gasteiger partial charge in [0.2, 0.25) is 0 Å². The molecular weight excluding hydrogens is 144 g/mol. The maximum atomic E-state index is 11.2. The van der Waals surface area contributed by atoms with Crippen LogP contribution < -0.4 is 0 Å². The van der Waals surface area contributed by atoms with Crippen LogP contribution in [0, 0.1) is 5.41 Å². The molecule has 0 aromatic rings. The van der Waals surface area contributed by atoms with Gasteiger partial charge < -0.3 is 5.11 Å². The van der Waals surface area contributed by atoms with Crippen LogP contribution in [0.3, 0.4) is 0 Å². The predicted molar refractivity (Wildman–Crippen MR) is 39.1 cm³/mol. The molecule has 0 bridgehead atoms. The second-order valence-corrected chi connectivity index (χ2v) is 3.19. The summed E-state index contributed by atoms with van der Waals surface area (Å²) in [6.07, 6.45) is 1.87. The molecule has 0 heterocycles. The fourth-order valence-corrected chi connectivity index (χ4v) is 1.49. The summed E-state index contributed by atoms with van der Waals surface area (Å²) in [5.74, 6) is -0.350. The fourth-order valence-electron chi connectivity index (χ4n) is 1.49. The van der Waals surface area contributed by atoms with Crippen LogP contribution in [0.1, 0.15) is 26.2 Å². The van der Waals surface area contributed by atoms with Gasteiger partial charge in [-0.25, -0.2) is 0 Å². The second kappa shape index (κ2) is 2.74. The van der Waals surface area contributed by atoms with Gasteiger partial charge in [-0.1, -0.05) is 0 Å². The summed E-state index contributed by atoms with van der Waals surface area (Å²) in [6, 6.07) is 0. The Bertz CT molecular complexity index is 198. The van der Waals surface area contributed by atoms with Crippen LogP contribution in [-0.4, -0.2) is 23.3 Å². The van der Waals surface area contributed by atoms with Gasteiger partial charge in [-0.2, -0.15) is 0 Å². The molecule has 0 amide bonds. The van der Waals surface area contributed by atoms with Crippen molar-refractivity contribution in [2.45, 2.75) is 26.2 Å². The first kappa shape index (κ1) is 8.40. The zero-order valence-electron chi connectivity index (χ0n) is 6.59. The van der Waals surface area contributed by atoms with Crippen molar-refractivity contribution in [2.75, 3.05) is 6.61 Å². The van der Waals surface area contributed by atoms with Crippen molar-refractivity contribution >= 4 is 11.6 Å². The van der Waals surface area contributed by atoms with Gasteiger partial charge >= 0.3 is 0 Å². The minimum Gasteiger partial charge on any atom is -0.389 e. The highest BCUT2D eigenvalue weighted by Crippen LogP contribution is 2.34. The topological polar surface area (TPSA) is 54.4 Å². The number of Topliss-reactive ketones (excluding diaryl/α,β-unsaturated/α-hetero) is 2. The Morgan fingerprint density at radius 2 is 2.36 bits per heavy atom. The molecule has 1 aliphatic rings. The van der Waals surface area contributed by atoms with Gasteiger partial charge in [0.1, 0.15) is 12.4 Å². The molecule has 0 aromatic heterocycles. The molecular formula is C8H12O3. The molecule has 0 aliphatic heterocycles. The van der Waals surface area contributed by atoms with E-state index >= 15 is 0 Å². The highest BCUT2D eigenvalue weighted by atomic mass is 16.3. The standard InChI is InChI=1S/C8H12O3/c1-8(7(11)5-9)4-2-3-6(8)10/h9H,2-5H2,1H3. The second-order valence-electron chi connectivity index (χ2n) is 3.19. The molecule has 0 radical (unpaired) electrons. The average molecular weight is 156 g/mol. The average Bonchev–Trinajstić information content (AvgIpc) is 2.32. The summed E-state index contributed by atoms with van der Waals surface area (Å²) >= 11 is 0. The van der Waals surface area contributed by atoms with E-state index in [0.29, 0.717) is 12.8 Å². The lowest BCUT2D eigenvalue weighted by Gasteiger charge is -2.17. The Kier molecular flexibility index (Phi) is 2.09. The zero-order valence-corrected chi connectivity index (χ0v) is 6.59. The van der Waals surface area contributed by atoms with Crippen LogP contribution in [0.4, 0.5) is 0 Å². The number of carbonyl (C=O) groups excluding carboxylic acids is 2. The van der Waals surface area contributed by atoms with Gasteiger partial charge in [0.05, 0.1) is 5.41 Å². The predicted octanol–water partition coefficient (Wildman–Crippen LogP) is 0.307. The lowest BCUT2D eigenvalue weighted by Crippen LogP contribution is -2.33. The van der Waals surface area contributed by atoms with E-state index in [1.807, 2.05) is 0 Å². The number of aliphatic hydroxyl groups excluding tert-OH is 1. The van der Waals surface area contributed by atoms with Crippen molar-refractivity contribution in [3.63, 3.8) is 0 Å². The van der Waals surface area contributed by atoms with Crippen LogP contribution in [-0.2, 0) is 9.59 Å². The van der Waals surface area contributed by atoms with Crippen LogP contribution in [0.25, 0.3) is 0 Å². The van der Waals surface area contributed by atoms with Gasteiger partial charge in [0.15, 0.2) is 5.78 Å². The smallest absolute Gasteiger partial charge is 0.171 e. The molecule has 3 nitrogen and oxygen atoms in total. The molecule has 1 unspecified atom stereocenters. The molecule has 1 aliphatic carbocycles. The summed E-state index contributed by atoms with van der Waals surface area (Å²) in [4.78, 5) is 22.2. The van der Waals surface area contributed by atoms with Crippen molar-refractivity contribution in [3.8, 4) is 0 Å². The first-order valence-electron chi connectivity index (χ1n) is 3.79. The molecule has 0 saturated heterocycles. The molecule has 3 heteroatoms. The van der Waals surface area contributed by atoms with E-state index in [9.17, 15) is 9.59 Å². The minimum absolute atomic E-state index is 0.0171. The molecule has 1 N–H and O–H groups in total. The molecule has 1 saturated carbocycles. The molecule has 1 atom stereocenters. The van der Waals surface area contributed by atoms with Gasteiger partial charge in [-0.05, 0) is 19.8 Å². The lowest BCUT2D eigenvalue weighted by atomic mass is 9.83. The highest BCUT2D eigenvalue weighted by Gasteiger charge is 2.42. The number of rotatable bonds is 2. The van der Waals surface area contributed by atoms with Crippen molar-refractivity contribution in [3.05, 3.63) is 0 Å². The van der Waals surface area contributed by atoms with E-state index in [1.165, 1.54) is 0 Å². The summed E-state index contributed by atoms with van der Waals surface area (Å²) in [6.45, 7) is 1.11. The minimum atomic E-state index is -0.866. The van der Waals surface area contributed by atoms with Gasteiger partial charge in [0, 0.05) is 6.42 Å². The lowest BCUT2D eigenvalue weighted by molar-refractivity contribution is -0.139. The molecule has 0 aromatic carbocycles. The molecule has 1 rings (SSSR count). The van der Waals surface area contributed by atoms with E-state index in [4.69, 9.17) is 5.11 Å². The van der Waals surface area contributed by atoms with E-state index in [-0.39, 0.29) is 11.6 Å². The number of ketones is 2. The number of hydrogen-bond donors (Lipinski definition) is 1. The van der Waals surface area contributed by atoms with E-state index in [0.717, 1.165) is 6.42 Å². The third kappa shape index (κ3) is 1.20. The number of carbonyl (C=O) groups is 2. The van der Waals surface area contributed by atoms with Crippen LogP contribution >= 0.6 is 0 Å². The Morgan fingerprint density at radius 3 is 2.73 bits per heavy atom. The first-order valence-corrected chi connectivity index (χ1v) is 3.79. The summed E-state index contributed by atoms with van der Waals surface area (Å²) in [7, 11) is 0.